The van der Waals surface area contributed by atoms with E-state index in [2.05, 4.69) is 86.7 Å². The summed E-state index contributed by atoms with van der Waals surface area (Å²) in [5.41, 5.74) is 5.89. The van der Waals surface area contributed by atoms with E-state index in [0.717, 1.165) is 52.0 Å². The number of nitrogens with zero attached hydrogens (tertiary/aromatic N) is 5. The molecule has 1 aliphatic carbocycles. The van der Waals surface area contributed by atoms with Gasteiger partial charge >= 0.3 is 0 Å². The van der Waals surface area contributed by atoms with Crippen molar-refractivity contribution >= 4 is 34.0 Å². The van der Waals surface area contributed by atoms with Crippen molar-refractivity contribution in [3.8, 4) is 10.6 Å². The lowest BCUT2D eigenvalue weighted by molar-refractivity contribution is 0.148. The van der Waals surface area contributed by atoms with Crippen molar-refractivity contribution in [2.24, 2.45) is 11.8 Å². The van der Waals surface area contributed by atoms with E-state index in [1.807, 2.05) is 6.20 Å². The maximum absolute atomic E-state index is 6.32. The molecule has 1 saturated carbocycles. The maximum atomic E-state index is 6.32. The summed E-state index contributed by atoms with van der Waals surface area (Å²) in [6, 6.07) is 21.9. The van der Waals surface area contributed by atoms with E-state index in [0.29, 0.717) is 11.3 Å². The third-order valence-corrected chi connectivity index (χ3v) is 10.4. The number of benzene rings is 2. The molecule has 5 aromatic rings. The Morgan fingerprint density at radius 2 is 1.61 bits per heavy atom. The highest BCUT2D eigenvalue weighted by molar-refractivity contribution is 7.13. The molecule has 41 heavy (non-hydrogen) atoms. The molecule has 2 fully saturated rings. The summed E-state index contributed by atoms with van der Waals surface area (Å²) in [6.07, 6.45) is 12.5. The Labute approximate surface area is 251 Å². The average molecular weight is 582 g/mol. The Hall–Kier alpha value is -3.06. The number of fused-ring (bicyclic) bond motifs is 1. The molecule has 210 valence electrons. The lowest BCUT2D eigenvalue weighted by atomic mass is 9.83. The van der Waals surface area contributed by atoms with Crippen LogP contribution >= 0.6 is 22.9 Å². The summed E-state index contributed by atoms with van der Waals surface area (Å²) < 4.78 is 2.39. The van der Waals surface area contributed by atoms with E-state index in [1.54, 1.807) is 11.3 Å². The zero-order chi connectivity index (χ0) is 27.6. The van der Waals surface area contributed by atoms with E-state index in [1.165, 1.54) is 62.9 Å². The highest BCUT2D eigenvalue weighted by atomic mass is 35.5. The molecule has 5 nitrogen and oxygen atoms in total. The predicted octanol–water partition coefficient (Wildman–Crippen LogP) is 8.09. The quantitative estimate of drug-likeness (QED) is 0.174. The Morgan fingerprint density at radius 1 is 0.854 bits per heavy atom. The van der Waals surface area contributed by atoms with Crippen molar-refractivity contribution in [1.82, 2.24) is 24.4 Å². The number of likely N-dealkylation sites (tertiary alicyclic amines) is 1. The minimum atomic E-state index is 0.310. The van der Waals surface area contributed by atoms with Gasteiger partial charge in [0.1, 0.15) is 10.7 Å². The number of rotatable bonds is 8. The van der Waals surface area contributed by atoms with Crippen molar-refractivity contribution in [2.45, 2.75) is 51.0 Å². The van der Waals surface area contributed by atoms with Crippen molar-refractivity contribution in [3.63, 3.8) is 0 Å². The molecule has 3 aromatic heterocycles. The molecule has 0 bridgehead atoms. The lowest BCUT2D eigenvalue weighted by Gasteiger charge is -2.35. The molecule has 0 radical (unpaired) electrons. The summed E-state index contributed by atoms with van der Waals surface area (Å²) in [4.78, 5) is 16.8. The van der Waals surface area contributed by atoms with Gasteiger partial charge in [-0.3, -0.25) is 0 Å². The standard InChI is InChI=1S/C34H36ClN5S/c35-34-36-21-30-31(33-37-28(23-41-33)19-25-9-5-2-6-10-25)22-40(32(30)38-34)29-12-11-27(20-29)26-14-17-39(18-15-26)16-13-24-7-3-1-4-8-24/h1-10,21-23,26-27,29H,11-20H2. The topological polar surface area (TPSA) is 46.8 Å². The second-order valence-electron chi connectivity index (χ2n) is 11.8. The zero-order valence-electron chi connectivity index (χ0n) is 23.3. The first-order valence-corrected chi connectivity index (χ1v) is 16.2. The molecule has 7 heteroatoms. The normalized spacial score (nSPS) is 20.2. The van der Waals surface area contributed by atoms with E-state index in [9.17, 15) is 0 Å². The van der Waals surface area contributed by atoms with Gasteiger partial charge < -0.3 is 9.47 Å². The summed E-state index contributed by atoms with van der Waals surface area (Å²) in [5.74, 6) is 1.61. The monoisotopic (exact) mass is 581 g/mol. The third kappa shape index (κ3) is 5.97. The van der Waals surface area contributed by atoms with Gasteiger partial charge in [0.05, 0.1) is 5.69 Å². The van der Waals surface area contributed by atoms with Crippen LogP contribution in [0, 0.1) is 11.8 Å². The molecule has 2 aromatic carbocycles. The molecule has 4 heterocycles. The zero-order valence-corrected chi connectivity index (χ0v) is 24.9. The van der Waals surface area contributed by atoms with Gasteiger partial charge in [0, 0.05) is 47.7 Å². The molecular weight excluding hydrogens is 546 g/mol. The summed E-state index contributed by atoms with van der Waals surface area (Å²) in [6.45, 7) is 3.63. The molecule has 7 rings (SSSR count). The van der Waals surface area contributed by atoms with Crippen LogP contribution in [0.2, 0.25) is 5.28 Å². The number of thiazole rings is 1. The van der Waals surface area contributed by atoms with Crippen LogP contribution in [0.5, 0.6) is 0 Å². The van der Waals surface area contributed by atoms with Crippen molar-refractivity contribution in [2.75, 3.05) is 19.6 Å². The Bertz CT molecular complexity index is 1590. The summed E-state index contributed by atoms with van der Waals surface area (Å²) >= 11 is 8.03. The SMILES string of the molecule is Clc1ncc2c(-c3nc(Cc4ccccc4)cs3)cn(C3CCC(C4CCN(CCc5ccccc5)CC4)C3)c2n1. The Morgan fingerprint density at radius 3 is 2.39 bits per heavy atom. The van der Waals surface area contributed by atoms with E-state index < -0.39 is 0 Å². The molecule has 2 aliphatic rings. The average Bonchev–Trinajstić information content (AvgIpc) is 3.76. The first kappa shape index (κ1) is 26.8. The van der Waals surface area contributed by atoms with E-state index >= 15 is 0 Å². The minimum absolute atomic E-state index is 0.310. The van der Waals surface area contributed by atoms with Gasteiger partial charge in [-0.25, -0.2) is 9.97 Å². The smallest absolute Gasteiger partial charge is 0.224 e. The maximum Gasteiger partial charge on any atom is 0.224 e. The molecule has 1 saturated heterocycles. The van der Waals surface area contributed by atoms with Crippen LogP contribution in [0.25, 0.3) is 21.6 Å². The highest BCUT2D eigenvalue weighted by Gasteiger charge is 2.34. The number of piperidine rings is 1. The van der Waals surface area contributed by atoms with E-state index in [-0.39, 0.29) is 0 Å². The number of hydrogen-bond acceptors (Lipinski definition) is 5. The number of hydrogen-bond donors (Lipinski definition) is 0. The molecule has 2 unspecified atom stereocenters. The van der Waals surface area contributed by atoms with Crippen molar-refractivity contribution in [1.29, 1.82) is 0 Å². The number of halogens is 1. The van der Waals surface area contributed by atoms with Crippen molar-refractivity contribution in [3.05, 3.63) is 101 Å². The van der Waals surface area contributed by atoms with Gasteiger partial charge in [-0.05, 0) is 86.2 Å². The molecule has 0 spiro atoms. The fourth-order valence-corrected chi connectivity index (χ4v) is 8.00. The molecule has 1 aliphatic heterocycles. The van der Waals surface area contributed by atoms with Crippen LogP contribution < -0.4 is 0 Å². The molecular formula is C34H36ClN5S. The van der Waals surface area contributed by atoms with Crippen LogP contribution in [0.15, 0.2) is 78.4 Å². The van der Waals surface area contributed by atoms with Crippen LogP contribution in [0.4, 0.5) is 0 Å². The van der Waals surface area contributed by atoms with Gasteiger partial charge in [-0.1, -0.05) is 60.7 Å². The third-order valence-electron chi connectivity index (χ3n) is 9.25. The second-order valence-corrected chi connectivity index (χ2v) is 13.0. The van der Waals surface area contributed by atoms with Gasteiger partial charge in [0.15, 0.2) is 0 Å². The summed E-state index contributed by atoms with van der Waals surface area (Å²) in [5, 5.41) is 4.57. The molecule has 2 atom stereocenters. The van der Waals surface area contributed by atoms with Gasteiger partial charge in [0.2, 0.25) is 5.28 Å². The fraction of sp³-hybridized carbons (Fsp3) is 0.382. The Balaban J connectivity index is 1.03. The first-order valence-electron chi connectivity index (χ1n) is 15.0. The minimum Gasteiger partial charge on any atom is -0.329 e. The van der Waals surface area contributed by atoms with E-state index in [4.69, 9.17) is 21.6 Å². The largest absolute Gasteiger partial charge is 0.329 e. The molecule has 0 amide bonds. The first-order chi connectivity index (χ1) is 20.2. The highest BCUT2D eigenvalue weighted by Crippen LogP contribution is 2.44. The number of aromatic nitrogens is 4. The van der Waals surface area contributed by atoms with Crippen LogP contribution in [0.3, 0.4) is 0 Å². The lowest BCUT2D eigenvalue weighted by Crippen LogP contribution is -2.37. The Kier molecular flexibility index (Phi) is 7.88. The van der Waals surface area contributed by atoms with Gasteiger partial charge in [-0.15, -0.1) is 11.3 Å². The second kappa shape index (κ2) is 12.0. The van der Waals surface area contributed by atoms with Crippen LogP contribution in [-0.2, 0) is 12.8 Å². The fourth-order valence-electron chi connectivity index (χ4n) is 7.03. The predicted molar refractivity (Wildman–Crippen MR) is 169 cm³/mol. The van der Waals surface area contributed by atoms with Gasteiger partial charge in [0.25, 0.3) is 0 Å². The molecule has 0 N–H and O–H groups in total. The van der Waals surface area contributed by atoms with Crippen LogP contribution in [0.1, 0.15) is 55.0 Å². The van der Waals surface area contributed by atoms with Crippen LogP contribution in [-0.4, -0.2) is 44.1 Å². The van der Waals surface area contributed by atoms with Crippen molar-refractivity contribution < 1.29 is 0 Å². The van der Waals surface area contributed by atoms with Gasteiger partial charge in [-0.2, -0.15) is 4.98 Å². The summed E-state index contributed by atoms with van der Waals surface area (Å²) in [7, 11) is 0.